The summed E-state index contributed by atoms with van der Waals surface area (Å²) in [4.78, 5) is 27.2. The fourth-order valence-corrected chi connectivity index (χ4v) is 4.46. The molecule has 2 aromatic rings. The van der Waals surface area contributed by atoms with Crippen LogP contribution < -0.4 is 9.62 Å². The SMILES string of the molecule is CC(C)NC(=O)[C@H](C)N(Cc1c(Cl)cccc1Cl)C(=O)CN(c1ccccc1F)S(C)(=O)=O. The molecule has 0 saturated carbocycles. The molecule has 0 fully saturated rings. The van der Waals surface area contributed by atoms with Crippen LogP contribution in [0.4, 0.5) is 10.1 Å². The van der Waals surface area contributed by atoms with E-state index >= 15 is 0 Å². The van der Waals surface area contributed by atoms with Crippen molar-refractivity contribution in [2.24, 2.45) is 0 Å². The Labute approximate surface area is 203 Å². The van der Waals surface area contributed by atoms with Crippen LogP contribution in [0, 0.1) is 5.82 Å². The Hall–Kier alpha value is -2.36. The van der Waals surface area contributed by atoms with Crippen molar-refractivity contribution < 1.29 is 22.4 Å². The largest absolute Gasteiger partial charge is 0.352 e. The van der Waals surface area contributed by atoms with Gasteiger partial charge in [0.1, 0.15) is 18.4 Å². The summed E-state index contributed by atoms with van der Waals surface area (Å²) in [5, 5.41) is 3.29. The van der Waals surface area contributed by atoms with Gasteiger partial charge in [-0.25, -0.2) is 12.8 Å². The van der Waals surface area contributed by atoms with E-state index in [1.54, 1.807) is 32.0 Å². The lowest BCUT2D eigenvalue weighted by atomic mass is 10.1. The van der Waals surface area contributed by atoms with Gasteiger partial charge < -0.3 is 10.2 Å². The molecule has 0 spiro atoms. The van der Waals surface area contributed by atoms with E-state index in [-0.39, 0.29) is 28.3 Å². The summed E-state index contributed by atoms with van der Waals surface area (Å²) in [6, 6.07) is 8.86. The molecule has 0 bridgehead atoms. The highest BCUT2D eigenvalue weighted by atomic mass is 35.5. The molecule has 1 N–H and O–H groups in total. The molecule has 0 aliphatic carbocycles. The number of hydrogen-bond donors (Lipinski definition) is 1. The number of anilines is 1. The quantitative estimate of drug-likeness (QED) is 0.547. The zero-order valence-corrected chi connectivity index (χ0v) is 21.0. The third kappa shape index (κ3) is 7.06. The summed E-state index contributed by atoms with van der Waals surface area (Å²) in [5.74, 6) is -1.98. The van der Waals surface area contributed by atoms with E-state index in [2.05, 4.69) is 5.32 Å². The van der Waals surface area contributed by atoms with Crippen LogP contribution in [-0.2, 0) is 26.2 Å². The lowest BCUT2D eigenvalue weighted by Crippen LogP contribution is -2.52. The fraction of sp³-hybridized carbons (Fsp3) is 0.364. The van der Waals surface area contributed by atoms with E-state index in [1.165, 1.54) is 30.0 Å². The van der Waals surface area contributed by atoms with E-state index in [9.17, 15) is 22.4 Å². The predicted octanol–water partition coefficient (Wildman–Crippen LogP) is 3.84. The predicted molar refractivity (Wildman–Crippen MR) is 128 cm³/mol. The summed E-state index contributed by atoms with van der Waals surface area (Å²) < 4.78 is 39.9. The van der Waals surface area contributed by atoms with Gasteiger partial charge in [0.05, 0.1) is 11.9 Å². The summed E-state index contributed by atoms with van der Waals surface area (Å²) in [6.07, 6.45) is 0.872. The van der Waals surface area contributed by atoms with Crippen molar-refractivity contribution in [3.05, 3.63) is 63.9 Å². The smallest absolute Gasteiger partial charge is 0.244 e. The fourth-order valence-electron chi connectivity index (χ4n) is 3.09. The number of rotatable bonds is 9. The molecule has 33 heavy (non-hydrogen) atoms. The van der Waals surface area contributed by atoms with Crippen LogP contribution in [0.15, 0.2) is 42.5 Å². The maximum absolute atomic E-state index is 14.4. The number of nitrogens with one attached hydrogen (secondary N) is 1. The number of nitrogens with zero attached hydrogens (tertiary/aromatic N) is 2. The standard InChI is InChI=1S/C22H26Cl2FN3O4S/c1-14(2)26-22(30)15(3)27(12-16-17(23)8-7-9-18(16)24)21(29)13-28(33(4,31)32)20-11-6-5-10-19(20)25/h5-11,14-15H,12-13H2,1-4H3,(H,26,30)/t15-/m0/s1. The first-order valence-electron chi connectivity index (χ1n) is 10.1. The highest BCUT2D eigenvalue weighted by Gasteiger charge is 2.31. The Bertz CT molecular complexity index is 1110. The van der Waals surface area contributed by atoms with Gasteiger partial charge >= 0.3 is 0 Å². The second kappa shape index (κ2) is 11.2. The van der Waals surface area contributed by atoms with Gasteiger partial charge in [0.25, 0.3) is 0 Å². The molecule has 2 aromatic carbocycles. The van der Waals surface area contributed by atoms with Gasteiger partial charge in [-0.05, 0) is 45.0 Å². The van der Waals surface area contributed by atoms with Crippen LogP contribution >= 0.6 is 23.2 Å². The summed E-state index contributed by atoms with van der Waals surface area (Å²) in [7, 11) is -4.03. The number of hydrogen-bond acceptors (Lipinski definition) is 4. The number of carbonyl (C=O) groups excluding carboxylic acids is 2. The van der Waals surface area contributed by atoms with Crippen LogP contribution in [0.2, 0.25) is 10.0 Å². The van der Waals surface area contributed by atoms with Gasteiger partial charge in [0.15, 0.2) is 0 Å². The number of carbonyl (C=O) groups is 2. The highest BCUT2D eigenvalue weighted by Crippen LogP contribution is 2.27. The maximum atomic E-state index is 14.4. The first kappa shape index (κ1) is 26.9. The Morgan fingerprint density at radius 3 is 2.12 bits per heavy atom. The van der Waals surface area contributed by atoms with Crippen molar-refractivity contribution in [1.29, 1.82) is 0 Å². The van der Waals surface area contributed by atoms with Crippen LogP contribution in [0.25, 0.3) is 0 Å². The summed E-state index contributed by atoms with van der Waals surface area (Å²) >= 11 is 12.5. The molecule has 0 saturated heterocycles. The molecule has 180 valence electrons. The minimum absolute atomic E-state index is 0.154. The lowest BCUT2D eigenvalue weighted by Gasteiger charge is -2.32. The summed E-state index contributed by atoms with van der Waals surface area (Å²) in [5.41, 5.74) is 0.124. The number of para-hydroxylation sites is 1. The maximum Gasteiger partial charge on any atom is 0.244 e. The Morgan fingerprint density at radius 2 is 1.61 bits per heavy atom. The zero-order valence-electron chi connectivity index (χ0n) is 18.7. The molecular weight excluding hydrogens is 492 g/mol. The Morgan fingerprint density at radius 1 is 1.03 bits per heavy atom. The number of benzene rings is 2. The zero-order chi connectivity index (χ0) is 24.9. The molecule has 0 aliphatic rings. The van der Waals surface area contributed by atoms with E-state index in [0.29, 0.717) is 9.87 Å². The first-order chi connectivity index (χ1) is 15.3. The minimum Gasteiger partial charge on any atom is -0.352 e. The molecule has 0 aromatic heterocycles. The Balaban J connectivity index is 2.47. The van der Waals surface area contributed by atoms with Gasteiger partial charge in [-0.2, -0.15) is 0 Å². The second-order valence-corrected chi connectivity index (χ2v) is 10.5. The van der Waals surface area contributed by atoms with Crippen LogP contribution in [0.3, 0.4) is 0 Å². The molecule has 11 heteroatoms. The normalized spacial score (nSPS) is 12.4. The highest BCUT2D eigenvalue weighted by molar-refractivity contribution is 7.92. The second-order valence-electron chi connectivity index (χ2n) is 7.78. The van der Waals surface area contributed by atoms with E-state index in [1.807, 2.05) is 0 Å². The van der Waals surface area contributed by atoms with Crippen molar-refractivity contribution in [3.8, 4) is 0 Å². The van der Waals surface area contributed by atoms with Crippen molar-refractivity contribution in [3.63, 3.8) is 0 Å². The van der Waals surface area contributed by atoms with Crippen molar-refractivity contribution in [1.82, 2.24) is 10.2 Å². The molecule has 1 atom stereocenters. The molecule has 0 radical (unpaired) electrons. The molecule has 2 rings (SSSR count). The molecule has 0 unspecified atom stereocenters. The van der Waals surface area contributed by atoms with E-state index in [4.69, 9.17) is 23.2 Å². The first-order valence-corrected chi connectivity index (χ1v) is 12.7. The van der Waals surface area contributed by atoms with Crippen LogP contribution in [0.1, 0.15) is 26.3 Å². The van der Waals surface area contributed by atoms with Gasteiger partial charge in [0.2, 0.25) is 21.8 Å². The lowest BCUT2D eigenvalue weighted by molar-refractivity contribution is -0.139. The molecule has 7 nitrogen and oxygen atoms in total. The number of sulfonamides is 1. The van der Waals surface area contributed by atoms with Crippen molar-refractivity contribution in [2.75, 3.05) is 17.1 Å². The number of amides is 2. The van der Waals surface area contributed by atoms with Crippen LogP contribution in [0.5, 0.6) is 0 Å². The third-order valence-corrected chi connectivity index (χ3v) is 6.62. The average molecular weight is 518 g/mol. The third-order valence-electron chi connectivity index (χ3n) is 4.79. The molecule has 2 amide bonds. The van der Waals surface area contributed by atoms with Crippen molar-refractivity contribution >= 4 is 50.7 Å². The average Bonchev–Trinajstić information content (AvgIpc) is 2.70. The van der Waals surface area contributed by atoms with Crippen molar-refractivity contribution in [2.45, 2.75) is 39.4 Å². The summed E-state index contributed by atoms with van der Waals surface area (Å²) in [6.45, 7) is 4.17. The van der Waals surface area contributed by atoms with E-state index < -0.39 is 40.2 Å². The molecular formula is C22H26Cl2FN3O4S. The van der Waals surface area contributed by atoms with Gasteiger partial charge in [-0.1, -0.05) is 41.4 Å². The number of halogens is 3. The van der Waals surface area contributed by atoms with Crippen LogP contribution in [-0.4, -0.2) is 50.0 Å². The van der Waals surface area contributed by atoms with E-state index in [0.717, 1.165) is 12.3 Å². The molecule has 0 heterocycles. The van der Waals surface area contributed by atoms with Gasteiger partial charge in [0, 0.05) is 28.2 Å². The minimum atomic E-state index is -4.03. The monoisotopic (exact) mass is 517 g/mol. The topological polar surface area (TPSA) is 86.8 Å². The molecule has 0 aliphatic heterocycles. The van der Waals surface area contributed by atoms with Gasteiger partial charge in [-0.15, -0.1) is 0 Å². The Kier molecular flexibility index (Phi) is 9.11. The van der Waals surface area contributed by atoms with Gasteiger partial charge in [-0.3, -0.25) is 13.9 Å².